The first-order valence-electron chi connectivity index (χ1n) is 13.0. The third kappa shape index (κ3) is 9.26. The average Bonchev–Trinajstić information content (AvgIpc) is 2.73. The lowest BCUT2D eigenvalue weighted by molar-refractivity contribution is -0.148. The minimum absolute atomic E-state index is 0.0323. The van der Waals surface area contributed by atoms with Crippen LogP contribution in [0.15, 0.2) is 24.3 Å². The zero-order valence-corrected chi connectivity index (χ0v) is 22.6. The van der Waals surface area contributed by atoms with E-state index < -0.39 is 35.6 Å². The number of aromatic hydroxyl groups is 1. The zero-order valence-electron chi connectivity index (χ0n) is 22.6. The predicted molar refractivity (Wildman–Crippen MR) is 139 cm³/mol. The molecule has 5 N–H and O–H groups in total. The number of ether oxygens (including phenoxy) is 1. The fraction of sp³-hybridized carbons (Fsp3) is 0.630. The maximum absolute atomic E-state index is 14.1. The Hall–Kier alpha value is -3.30. The topological polar surface area (TPSA) is 151 Å². The Balaban J connectivity index is 2.48. The van der Waals surface area contributed by atoms with Gasteiger partial charge in [-0.2, -0.15) is 0 Å². The molecular weight excluding hydrogens is 476 g/mol. The number of alkyl carbamates (subject to hydrolysis) is 1. The van der Waals surface area contributed by atoms with E-state index in [1.165, 1.54) is 17.0 Å². The highest BCUT2D eigenvalue weighted by Gasteiger charge is 2.42. The second-order valence-electron chi connectivity index (χ2n) is 10.7. The molecule has 37 heavy (non-hydrogen) atoms. The quantitative estimate of drug-likeness (QED) is 0.333. The molecule has 0 heterocycles. The number of carbonyl (C=O) groups is 4. The number of benzene rings is 1. The Morgan fingerprint density at radius 2 is 1.84 bits per heavy atom. The minimum atomic E-state index is -1.14. The monoisotopic (exact) mass is 518 g/mol. The fourth-order valence-electron chi connectivity index (χ4n) is 4.32. The summed E-state index contributed by atoms with van der Waals surface area (Å²) in [7, 11) is 0. The fourth-order valence-corrected chi connectivity index (χ4v) is 4.32. The van der Waals surface area contributed by atoms with Gasteiger partial charge in [0.25, 0.3) is 0 Å². The van der Waals surface area contributed by atoms with Gasteiger partial charge in [0, 0.05) is 18.5 Å². The van der Waals surface area contributed by atoms with Crippen LogP contribution in [0.1, 0.15) is 91.2 Å². The van der Waals surface area contributed by atoms with E-state index in [-0.39, 0.29) is 36.6 Å². The van der Waals surface area contributed by atoms with Gasteiger partial charge in [0.2, 0.25) is 17.7 Å². The average molecular weight is 519 g/mol. The second-order valence-corrected chi connectivity index (χ2v) is 10.7. The third-order valence-electron chi connectivity index (χ3n) is 6.21. The van der Waals surface area contributed by atoms with Crippen molar-refractivity contribution in [1.82, 2.24) is 15.5 Å². The molecule has 0 radical (unpaired) electrons. The molecule has 1 fully saturated rings. The van der Waals surface area contributed by atoms with E-state index in [9.17, 15) is 24.3 Å². The van der Waals surface area contributed by atoms with Gasteiger partial charge in [0.05, 0.1) is 0 Å². The molecule has 1 aromatic carbocycles. The van der Waals surface area contributed by atoms with Gasteiger partial charge in [-0.3, -0.25) is 14.4 Å². The van der Waals surface area contributed by atoms with Crippen molar-refractivity contribution in [3.8, 4) is 5.75 Å². The highest BCUT2D eigenvalue weighted by Crippen LogP contribution is 2.35. The van der Waals surface area contributed by atoms with Crippen LogP contribution < -0.4 is 16.4 Å². The molecule has 10 heteroatoms. The van der Waals surface area contributed by atoms with Crippen molar-refractivity contribution < 1.29 is 29.0 Å². The van der Waals surface area contributed by atoms with Crippen molar-refractivity contribution in [2.75, 3.05) is 0 Å². The molecule has 0 spiro atoms. The number of nitrogens with two attached hydrogens (primary N) is 1. The molecule has 206 valence electrons. The SMILES string of the molecule is CCCC(C)NC(=O)C(c1cccc(O)c1)N(C(=O)C(CCC(N)=O)NC(=O)OC(C)(C)C)C1CCC1. The largest absolute Gasteiger partial charge is 0.508 e. The number of phenols is 1. The van der Waals surface area contributed by atoms with E-state index in [4.69, 9.17) is 10.5 Å². The normalized spacial score (nSPS) is 16.0. The van der Waals surface area contributed by atoms with E-state index in [1.807, 2.05) is 13.8 Å². The van der Waals surface area contributed by atoms with Gasteiger partial charge in [0.1, 0.15) is 23.4 Å². The van der Waals surface area contributed by atoms with Crippen LogP contribution in [-0.2, 0) is 19.1 Å². The van der Waals surface area contributed by atoms with E-state index in [0.29, 0.717) is 18.4 Å². The summed E-state index contributed by atoms with van der Waals surface area (Å²) < 4.78 is 5.34. The van der Waals surface area contributed by atoms with Crippen molar-refractivity contribution in [3.05, 3.63) is 29.8 Å². The number of carbonyl (C=O) groups excluding carboxylic acids is 4. The third-order valence-corrected chi connectivity index (χ3v) is 6.21. The zero-order chi connectivity index (χ0) is 27.8. The Morgan fingerprint density at radius 3 is 2.35 bits per heavy atom. The van der Waals surface area contributed by atoms with Crippen LogP contribution >= 0.6 is 0 Å². The Labute approximate surface area is 219 Å². The van der Waals surface area contributed by atoms with E-state index >= 15 is 0 Å². The van der Waals surface area contributed by atoms with Gasteiger partial charge < -0.3 is 31.1 Å². The van der Waals surface area contributed by atoms with Crippen LogP contribution in [0, 0.1) is 0 Å². The molecule has 2 rings (SSSR count). The lowest BCUT2D eigenvalue weighted by Crippen LogP contribution is -2.58. The van der Waals surface area contributed by atoms with Crippen molar-refractivity contribution >= 4 is 23.8 Å². The summed E-state index contributed by atoms with van der Waals surface area (Å²) in [5.41, 5.74) is 5.00. The predicted octanol–water partition coefficient (Wildman–Crippen LogP) is 3.28. The van der Waals surface area contributed by atoms with Crippen LogP contribution in [0.2, 0.25) is 0 Å². The molecule has 0 aliphatic heterocycles. The molecule has 1 aromatic rings. The number of amides is 4. The molecule has 1 saturated carbocycles. The maximum atomic E-state index is 14.1. The van der Waals surface area contributed by atoms with Crippen molar-refractivity contribution in [3.63, 3.8) is 0 Å². The van der Waals surface area contributed by atoms with E-state index in [1.54, 1.807) is 32.9 Å². The lowest BCUT2D eigenvalue weighted by atomic mass is 9.87. The molecule has 0 aromatic heterocycles. The number of nitrogens with zero attached hydrogens (tertiary/aromatic N) is 1. The Bertz CT molecular complexity index is 956. The summed E-state index contributed by atoms with van der Waals surface area (Å²) in [6, 6.07) is 3.72. The number of hydrogen-bond donors (Lipinski definition) is 4. The molecule has 4 amide bonds. The molecule has 0 bridgehead atoms. The number of primary amides is 1. The smallest absolute Gasteiger partial charge is 0.408 e. The second kappa shape index (κ2) is 13.3. The van der Waals surface area contributed by atoms with Gasteiger partial charge in [-0.05, 0) is 77.5 Å². The number of phenolic OH excluding ortho intramolecular Hbond substituents is 1. The van der Waals surface area contributed by atoms with E-state index in [0.717, 1.165) is 19.3 Å². The minimum Gasteiger partial charge on any atom is -0.508 e. The summed E-state index contributed by atoms with van der Waals surface area (Å²) in [6.45, 7) is 9.02. The molecule has 10 nitrogen and oxygen atoms in total. The lowest BCUT2D eigenvalue weighted by Gasteiger charge is -2.44. The summed E-state index contributed by atoms with van der Waals surface area (Å²) in [5.74, 6) is -1.54. The Kier molecular flexibility index (Phi) is 10.8. The summed E-state index contributed by atoms with van der Waals surface area (Å²) in [5, 5.41) is 15.7. The molecule has 3 atom stereocenters. The highest BCUT2D eigenvalue weighted by atomic mass is 16.6. The van der Waals surface area contributed by atoms with Gasteiger partial charge in [0.15, 0.2) is 0 Å². The van der Waals surface area contributed by atoms with Crippen molar-refractivity contribution in [2.45, 2.75) is 109 Å². The molecule has 0 saturated heterocycles. The number of hydrogen-bond acceptors (Lipinski definition) is 6. The number of nitrogens with one attached hydrogen (secondary N) is 2. The standard InChI is InChI=1S/C27H42N4O6/c1-6-9-17(2)29-24(34)23(18-10-7-13-20(32)16-18)31(19-11-8-12-19)25(35)21(14-15-22(28)33)30-26(36)37-27(3,4)5/h7,10,13,16-17,19,21,23,32H,6,8-9,11-12,14-15H2,1-5H3,(H2,28,33)(H,29,34)(H,30,36). The van der Waals surface area contributed by atoms with Crippen LogP contribution in [0.4, 0.5) is 4.79 Å². The van der Waals surface area contributed by atoms with Crippen molar-refractivity contribution in [1.29, 1.82) is 0 Å². The first kappa shape index (κ1) is 29.9. The first-order chi connectivity index (χ1) is 17.3. The van der Waals surface area contributed by atoms with Crippen LogP contribution in [-0.4, -0.2) is 57.5 Å². The molecule has 1 aliphatic carbocycles. The highest BCUT2D eigenvalue weighted by molar-refractivity contribution is 5.93. The van der Waals surface area contributed by atoms with Gasteiger partial charge in [-0.1, -0.05) is 25.5 Å². The van der Waals surface area contributed by atoms with Gasteiger partial charge >= 0.3 is 6.09 Å². The summed E-state index contributed by atoms with van der Waals surface area (Å²) in [4.78, 5) is 53.4. The van der Waals surface area contributed by atoms with Crippen LogP contribution in [0.5, 0.6) is 5.75 Å². The number of rotatable bonds is 12. The van der Waals surface area contributed by atoms with Gasteiger partial charge in [-0.15, -0.1) is 0 Å². The van der Waals surface area contributed by atoms with Crippen molar-refractivity contribution in [2.24, 2.45) is 5.73 Å². The van der Waals surface area contributed by atoms with Crippen LogP contribution in [0.25, 0.3) is 0 Å². The van der Waals surface area contributed by atoms with Crippen LogP contribution in [0.3, 0.4) is 0 Å². The van der Waals surface area contributed by atoms with E-state index in [2.05, 4.69) is 10.6 Å². The first-order valence-corrected chi connectivity index (χ1v) is 13.0. The van der Waals surface area contributed by atoms with Gasteiger partial charge in [-0.25, -0.2) is 4.79 Å². The molecule has 3 unspecified atom stereocenters. The molecular formula is C27H42N4O6. The maximum Gasteiger partial charge on any atom is 0.408 e. The Morgan fingerprint density at radius 1 is 1.16 bits per heavy atom. The summed E-state index contributed by atoms with van der Waals surface area (Å²) in [6.07, 6.45) is 2.91. The molecule has 1 aliphatic rings. The summed E-state index contributed by atoms with van der Waals surface area (Å²) >= 11 is 0.